The average Bonchev–Trinajstić information content (AvgIpc) is 3.28. The lowest BCUT2D eigenvalue weighted by Gasteiger charge is -2.28. The fourth-order valence-corrected chi connectivity index (χ4v) is 4.09. The summed E-state index contributed by atoms with van der Waals surface area (Å²) in [4.78, 5) is 32.7. The lowest BCUT2D eigenvalue weighted by atomic mass is 9.90. The standard InChI is InChI=1S/C25H24N2O2/c28-24(21-12-5-2-6-13-21)23-14-8-16-27(23)25(29)22(20-10-3-1-4-11-20)17-19-9-7-15-26-18-19/h1-7,9-13,15,18,22-23H,8,14,16-17H2. The van der Waals surface area contributed by atoms with Gasteiger partial charge in [-0.05, 0) is 36.5 Å². The second-order valence-electron chi connectivity index (χ2n) is 7.45. The van der Waals surface area contributed by atoms with Gasteiger partial charge in [0.15, 0.2) is 5.78 Å². The van der Waals surface area contributed by atoms with Gasteiger partial charge in [-0.1, -0.05) is 66.7 Å². The van der Waals surface area contributed by atoms with Crippen LogP contribution in [0.3, 0.4) is 0 Å². The lowest BCUT2D eigenvalue weighted by molar-refractivity contribution is -0.133. The maximum Gasteiger partial charge on any atom is 0.231 e. The summed E-state index contributed by atoms with van der Waals surface area (Å²) in [5.41, 5.74) is 2.65. The summed E-state index contributed by atoms with van der Waals surface area (Å²) in [5.74, 6) is -0.277. The molecular formula is C25H24N2O2. The molecule has 2 atom stereocenters. The van der Waals surface area contributed by atoms with Gasteiger partial charge in [-0.3, -0.25) is 14.6 Å². The number of nitrogens with zero attached hydrogens (tertiary/aromatic N) is 2. The van der Waals surface area contributed by atoms with Crippen LogP contribution in [0.2, 0.25) is 0 Å². The van der Waals surface area contributed by atoms with Gasteiger partial charge in [-0.2, -0.15) is 0 Å². The number of amides is 1. The minimum atomic E-state index is -0.384. The van der Waals surface area contributed by atoms with Gasteiger partial charge in [-0.15, -0.1) is 0 Å². The van der Waals surface area contributed by atoms with Crippen molar-refractivity contribution >= 4 is 11.7 Å². The van der Waals surface area contributed by atoms with E-state index in [2.05, 4.69) is 4.98 Å². The van der Waals surface area contributed by atoms with E-state index in [1.165, 1.54) is 0 Å². The summed E-state index contributed by atoms with van der Waals surface area (Å²) in [7, 11) is 0. The number of carbonyl (C=O) groups excluding carboxylic acids is 2. The first-order valence-corrected chi connectivity index (χ1v) is 10.1. The van der Waals surface area contributed by atoms with E-state index in [0.29, 0.717) is 24.9 Å². The van der Waals surface area contributed by atoms with Gasteiger partial charge in [0.2, 0.25) is 5.91 Å². The second kappa shape index (κ2) is 8.82. The van der Waals surface area contributed by atoms with E-state index in [1.54, 1.807) is 17.3 Å². The zero-order valence-corrected chi connectivity index (χ0v) is 16.3. The molecule has 3 aromatic rings. The molecule has 0 aliphatic carbocycles. The third-order valence-electron chi connectivity index (χ3n) is 5.56. The van der Waals surface area contributed by atoms with Crippen molar-refractivity contribution in [2.75, 3.05) is 6.54 Å². The number of carbonyl (C=O) groups is 2. The number of benzene rings is 2. The minimum Gasteiger partial charge on any atom is -0.332 e. The quantitative estimate of drug-likeness (QED) is 0.596. The average molecular weight is 384 g/mol. The zero-order chi connectivity index (χ0) is 20.1. The van der Waals surface area contributed by atoms with Crippen LogP contribution < -0.4 is 0 Å². The van der Waals surface area contributed by atoms with E-state index >= 15 is 0 Å². The van der Waals surface area contributed by atoms with Gasteiger partial charge in [0.25, 0.3) is 0 Å². The summed E-state index contributed by atoms with van der Waals surface area (Å²) >= 11 is 0. The molecule has 0 radical (unpaired) electrons. The van der Waals surface area contributed by atoms with Crippen molar-refractivity contribution in [1.82, 2.24) is 9.88 Å². The normalized spacial score (nSPS) is 17.1. The highest BCUT2D eigenvalue weighted by Gasteiger charge is 2.37. The fourth-order valence-electron chi connectivity index (χ4n) is 4.09. The number of rotatable bonds is 6. The van der Waals surface area contributed by atoms with Gasteiger partial charge in [0, 0.05) is 24.5 Å². The van der Waals surface area contributed by atoms with Crippen LogP contribution in [0.5, 0.6) is 0 Å². The van der Waals surface area contributed by atoms with E-state index in [-0.39, 0.29) is 23.7 Å². The Morgan fingerprint density at radius 2 is 1.69 bits per heavy atom. The largest absolute Gasteiger partial charge is 0.332 e. The molecule has 0 spiro atoms. The van der Waals surface area contributed by atoms with Gasteiger partial charge in [-0.25, -0.2) is 0 Å². The fraction of sp³-hybridized carbons (Fsp3) is 0.240. The Labute approximate surface area is 171 Å². The molecule has 4 nitrogen and oxygen atoms in total. The summed E-state index contributed by atoms with van der Waals surface area (Å²) in [6, 6.07) is 22.6. The van der Waals surface area contributed by atoms with Gasteiger partial charge < -0.3 is 4.90 Å². The molecule has 1 fully saturated rings. The van der Waals surface area contributed by atoms with Crippen molar-refractivity contribution in [2.45, 2.75) is 31.2 Å². The molecule has 0 N–H and O–H groups in total. The summed E-state index contributed by atoms with van der Waals surface area (Å²) < 4.78 is 0. The molecule has 1 saturated heterocycles. The number of pyridine rings is 1. The molecular weight excluding hydrogens is 360 g/mol. The molecule has 0 saturated carbocycles. The number of aromatic nitrogens is 1. The first-order chi connectivity index (χ1) is 14.2. The van der Waals surface area contributed by atoms with Gasteiger partial charge in [0.1, 0.15) is 0 Å². The summed E-state index contributed by atoms with van der Waals surface area (Å²) in [6.45, 7) is 0.623. The van der Waals surface area contributed by atoms with E-state index in [1.807, 2.05) is 72.8 Å². The van der Waals surface area contributed by atoms with Crippen molar-refractivity contribution in [3.8, 4) is 0 Å². The minimum absolute atomic E-state index is 0.0202. The number of Topliss-reactive ketones (excluding diaryl/α,β-unsaturated/α-hetero) is 1. The Morgan fingerprint density at radius 1 is 0.966 bits per heavy atom. The molecule has 1 aromatic heterocycles. The highest BCUT2D eigenvalue weighted by Crippen LogP contribution is 2.29. The van der Waals surface area contributed by atoms with Crippen molar-refractivity contribution < 1.29 is 9.59 Å². The summed E-state index contributed by atoms with van der Waals surface area (Å²) in [5, 5.41) is 0. The highest BCUT2D eigenvalue weighted by molar-refractivity contribution is 6.02. The molecule has 1 amide bonds. The molecule has 1 aliphatic rings. The Hall–Kier alpha value is -3.27. The maximum absolute atomic E-state index is 13.6. The first kappa shape index (κ1) is 19.1. The SMILES string of the molecule is O=C(c1ccccc1)C1CCCN1C(=O)C(Cc1cccnc1)c1ccccc1. The third kappa shape index (κ3) is 4.27. The van der Waals surface area contributed by atoms with Crippen LogP contribution >= 0.6 is 0 Å². The smallest absolute Gasteiger partial charge is 0.231 e. The summed E-state index contributed by atoms with van der Waals surface area (Å²) in [6.07, 6.45) is 5.67. The van der Waals surface area contributed by atoms with Crippen LogP contribution in [0.15, 0.2) is 85.2 Å². The molecule has 0 bridgehead atoms. The Kier molecular flexibility index (Phi) is 5.80. The Bertz CT molecular complexity index is 958. The van der Waals surface area contributed by atoms with Gasteiger partial charge in [0.05, 0.1) is 12.0 Å². The monoisotopic (exact) mass is 384 g/mol. The zero-order valence-electron chi connectivity index (χ0n) is 16.3. The lowest BCUT2D eigenvalue weighted by Crippen LogP contribution is -2.43. The number of ketones is 1. The number of hydrogen-bond donors (Lipinski definition) is 0. The van der Waals surface area contributed by atoms with E-state index < -0.39 is 0 Å². The highest BCUT2D eigenvalue weighted by atomic mass is 16.2. The van der Waals surface area contributed by atoms with Crippen LogP contribution in [0.4, 0.5) is 0 Å². The molecule has 146 valence electrons. The van der Waals surface area contributed by atoms with Crippen molar-refractivity contribution in [1.29, 1.82) is 0 Å². The van der Waals surface area contributed by atoms with E-state index in [0.717, 1.165) is 17.5 Å². The second-order valence-corrected chi connectivity index (χ2v) is 7.45. The molecule has 29 heavy (non-hydrogen) atoms. The van der Waals surface area contributed by atoms with Gasteiger partial charge >= 0.3 is 0 Å². The van der Waals surface area contributed by atoms with Crippen LogP contribution in [-0.2, 0) is 11.2 Å². The predicted molar refractivity (Wildman–Crippen MR) is 113 cm³/mol. The molecule has 2 aromatic carbocycles. The topological polar surface area (TPSA) is 50.3 Å². The van der Waals surface area contributed by atoms with Crippen LogP contribution in [0, 0.1) is 0 Å². The number of hydrogen-bond acceptors (Lipinski definition) is 3. The molecule has 2 unspecified atom stereocenters. The maximum atomic E-state index is 13.6. The molecule has 4 rings (SSSR count). The first-order valence-electron chi connectivity index (χ1n) is 10.1. The number of likely N-dealkylation sites (tertiary alicyclic amines) is 1. The van der Waals surface area contributed by atoms with Crippen LogP contribution in [-0.4, -0.2) is 34.2 Å². The van der Waals surface area contributed by atoms with Crippen LogP contribution in [0.25, 0.3) is 0 Å². The Morgan fingerprint density at radius 3 is 2.38 bits per heavy atom. The molecule has 4 heteroatoms. The van der Waals surface area contributed by atoms with Crippen molar-refractivity contribution in [3.05, 3.63) is 102 Å². The third-order valence-corrected chi connectivity index (χ3v) is 5.56. The Balaban J connectivity index is 1.62. The van der Waals surface area contributed by atoms with Crippen molar-refractivity contribution in [3.63, 3.8) is 0 Å². The molecule has 2 heterocycles. The predicted octanol–water partition coefficient (Wildman–Crippen LogP) is 4.28. The van der Waals surface area contributed by atoms with E-state index in [4.69, 9.17) is 0 Å². The van der Waals surface area contributed by atoms with Crippen LogP contribution in [0.1, 0.15) is 40.2 Å². The van der Waals surface area contributed by atoms with Crippen molar-refractivity contribution in [2.24, 2.45) is 0 Å². The van der Waals surface area contributed by atoms with E-state index in [9.17, 15) is 9.59 Å². The molecule has 1 aliphatic heterocycles.